The molecule has 0 spiro atoms. The summed E-state index contributed by atoms with van der Waals surface area (Å²) in [6, 6.07) is 8.22. The molecule has 0 amide bonds. The lowest BCUT2D eigenvalue weighted by Gasteiger charge is -2.27. The third kappa shape index (κ3) is 5.46. The molecule has 1 heterocycles. The Morgan fingerprint density at radius 1 is 1.27 bits per heavy atom. The van der Waals surface area contributed by atoms with Gasteiger partial charge in [-0.3, -0.25) is 4.99 Å². The van der Waals surface area contributed by atoms with Gasteiger partial charge in [0, 0.05) is 36.9 Å². The molecule has 0 fully saturated rings. The molecular weight excluding hydrogens is 344 g/mol. The second-order valence-electron chi connectivity index (χ2n) is 6.97. The predicted molar refractivity (Wildman–Crippen MR) is 111 cm³/mol. The van der Waals surface area contributed by atoms with Gasteiger partial charge in [0.2, 0.25) is 0 Å². The predicted octanol–water partition coefficient (Wildman–Crippen LogP) is 3.45. The molecule has 0 aliphatic rings. The van der Waals surface area contributed by atoms with E-state index in [4.69, 9.17) is 4.74 Å². The Hall–Kier alpha value is -2.08. The Labute approximate surface area is 160 Å². The summed E-state index contributed by atoms with van der Waals surface area (Å²) in [6.07, 6.45) is 0.902. The van der Waals surface area contributed by atoms with Crippen LogP contribution in [0, 0.1) is 13.8 Å². The summed E-state index contributed by atoms with van der Waals surface area (Å²) >= 11 is 1.77. The average Bonchev–Trinajstić information content (AvgIpc) is 2.95. The molecule has 2 rings (SSSR count). The molecule has 0 unspecified atom stereocenters. The number of hydrogen-bond acceptors (Lipinski definition) is 4. The Morgan fingerprint density at radius 2 is 2.04 bits per heavy atom. The highest BCUT2D eigenvalue weighted by atomic mass is 32.1. The molecule has 0 atom stereocenters. The molecule has 26 heavy (non-hydrogen) atoms. The smallest absolute Gasteiger partial charge is 0.191 e. The molecule has 142 valence electrons. The Kier molecular flexibility index (Phi) is 7.03. The van der Waals surface area contributed by atoms with Crippen molar-refractivity contribution in [2.45, 2.75) is 39.5 Å². The van der Waals surface area contributed by atoms with Crippen molar-refractivity contribution in [3.05, 3.63) is 45.4 Å². The first-order valence-electron chi connectivity index (χ1n) is 8.87. The highest BCUT2D eigenvalue weighted by Crippen LogP contribution is 2.25. The molecule has 5 nitrogen and oxygen atoms in total. The Balaban J connectivity index is 1.87. The second-order valence-corrected chi connectivity index (χ2v) is 8.26. The van der Waals surface area contributed by atoms with Crippen LogP contribution in [0.25, 0.3) is 0 Å². The lowest BCUT2D eigenvalue weighted by Crippen LogP contribution is -2.44. The van der Waals surface area contributed by atoms with Crippen LogP contribution in [-0.4, -0.2) is 38.2 Å². The zero-order valence-electron chi connectivity index (χ0n) is 16.6. The van der Waals surface area contributed by atoms with Crippen LogP contribution in [0.15, 0.2) is 29.3 Å². The number of aliphatic imine (C=N–C) groups is 1. The molecule has 0 saturated heterocycles. The number of guanidine groups is 1. The minimum atomic E-state index is -0.0459. The lowest BCUT2D eigenvalue weighted by molar-refractivity contribution is 0.411. The molecule has 6 heteroatoms. The molecule has 0 aliphatic carbocycles. The van der Waals surface area contributed by atoms with Crippen molar-refractivity contribution in [3.63, 3.8) is 0 Å². The highest BCUT2D eigenvalue weighted by molar-refractivity contribution is 7.11. The van der Waals surface area contributed by atoms with Gasteiger partial charge in [0.1, 0.15) is 5.75 Å². The number of methoxy groups -OCH3 is 1. The van der Waals surface area contributed by atoms with E-state index in [0.29, 0.717) is 0 Å². The minimum absolute atomic E-state index is 0.0459. The van der Waals surface area contributed by atoms with Crippen LogP contribution in [-0.2, 0) is 11.8 Å². The van der Waals surface area contributed by atoms with E-state index in [1.54, 1.807) is 25.5 Å². The van der Waals surface area contributed by atoms with E-state index in [2.05, 4.69) is 60.4 Å². The van der Waals surface area contributed by atoms with Crippen LogP contribution in [0.4, 0.5) is 0 Å². The Morgan fingerprint density at radius 3 is 2.65 bits per heavy atom. The van der Waals surface area contributed by atoms with Gasteiger partial charge in [0.15, 0.2) is 5.96 Å². The van der Waals surface area contributed by atoms with E-state index in [1.165, 1.54) is 15.4 Å². The molecule has 1 aromatic heterocycles. The van der Waals surface area contributed by atoms with Gasteiger partial charge in [0.05, 0.1) is 17.8 Å². The maximum atomic E-state index is 5.34. The highest BCUT2D eigenvalue weighted by Gasteiger charge is 2.21. The zero-order chi connectivity index (χ0) is 19.2. The van der Waals surface area contributed by atoms with Crippen molar-refractivity contribution >= 4 is 17.3 Å². The van der Waals surface area contributed by atoms with Gasteiger partial charge in [-0.1, -0.05) is 26.0 Å². The number of thiazole rings is 1. The lowest BCUT2D eigenvalue weighted by atomic mass is 9.84. The van der Waals surface area contributed by atoms with E-state index in [0.717, 1.165) is 36.9 Å². The van der Waals surface area contributed by atoms with Gasteiger partial charge in [-0.15, -0.1) is 11.3 Å². The minimum Gasteiger partial charge on any atom is -0.497 e. The van der Waals surface area contributed by atoms with Crippen molar-refractivity contribution < 1.29 is 4.74 Å². The van der Waals surface area contributed by atoms with Gasteiger partial charge in [-0.2, -0.15) is 0 Å². The summed E-state index contributed by atoms with van der Waals surface area (Å²) in [7, 11) is 3.49. The summed E-state index contributed by atoms with van der Waals surface area (Å²) in [5.41, 5.74) is 2.32. The van der Waals surface area contributed by atoms with Crippen LogP contribution in [0.3, 0.4) is 0 Å². The normalized spacial score (nSPS) is 12.2. The van der Waals surface area contributed by atoms with Crippen molar-refractivity contribution in [1.82, 2.24) is 15.6 Å². The van der Waals surface area contributed by atoms with Crippen LogP contribution in [0.5, 0.6) is 5.75 Å². The van der Waals surface area contributed by atoms with Gasteiger partial charge in [-0.25, -0.2) is 4.98 Å². The molecule has 0 saturated carbocycles. The summed E-state index contributed by atoms with van der Waals surface area (Å²) < 4.78 is 5.34. The topological polar surface area (TPSA) is 58.5 Å². The van der Waals surface area contributed by atoms with Crippen molar-refractivity contribution in [2.24, 2.45) is 4.99 Å². The Bertz CT molecular complexity index is 733. The number of aryl methyl sites for hydroxylation is 2. The maximum Gasteiger partial charge on any atom is 0.191 e. The van der Waals surface area contributed by atoms with Gasteiger partial charge in [-0.05, 0) is 31.5 Å². The third-order valence-electron chi connectivity index (χ3n) is 4.48. The number of ether oxygens (including phenoxy) is 1. The number of hydrogen-bond donors (Lipinski definition) is 2. The van der Waals surface area contributed by atoms with Gasteiger partial charge in [0.25, 0.3) is 0 Å². The van der Waals surface area contributed by atoms with E-state index in [-0.39, 0.29) is 5.41 Å². The number of rotatable bonds is 7. The van der Waals surface area contributed by atoms with Gasteiger partial charge >= 0.3 is 0 Å². The second kappa shape index (κ2) is 9.03. The number of benzene rings is 1. The van der Waals surface area contributed by atoms with Gasteiger partial charge < -0.3 is 15.4 Å². The third-order valence-corrected chi connectivity index (χ3v) is 5.61. The standard InChI is InChI=1S/C20H30N4OS/c1-14-15(2)26-18(24-14)10-11-22-19(21-5)23-13-20(3,4)16-8-7-9-17(12-16)25-6/h7-9,12H,10-11,13H2,1-6H3,(H2,21,22,23). The van der Waals surface area contributed by atoms with E-state index in [1.807, 2.05) is 12.1 Å². The van der Waals surface area contributed by atoms with Crippen molar-refractivity contribution in [1.29, 1.82) is 0 Å². The SMILES string of the molecule is CN=C(NCCc1nc(C)c(C)s1)NCC(C)(C)c1cccc(OC)c1. The van der Waals surface area contributed by atoms with Crippen LogP contribution >= 0.6 is 11.3 Å². The summed E-state index contributed by atoms with van der Waals surface area (Å²) in [5.74, 6) is 1.69. The van der Waals surface area contributed by atoms with E-state index in [9.17, 15) is 0 Å². The maximum absolute atomic E-state index is 5.34. The fourth-order valence-corrected chi connectivity index (χ4v) is 3.54. The average molecular weight is 375 g/mol. The molecule has 1 aromatic carbocycles. The number of nitrogens with zero attached hydrogens (tertiary/aromatic N) is 2. The molecule has 2 aromatic rings. The summed E-state index contributed by atoms with van der Waals surface area (Å²) in [5, 5.41) is 7.97. The number of nitrogens with one attached hydrogen (secondary N) is 2. The molecule has 0 bridgehead atoms. The van der Waals surface area contributed by atoms with Crippen molar-refractivity contribution in [3.8, 4) is 5.75 Å². The monoisotopic (exact) mass is 374 g/mol. The fraction of sp³-hybridized carbons (Fsp3) is 0.500. The summed E-state index contributed by atoms with van der Waals surface area (Å²) in [6.45, 7) is 10.2. The van der Waals surface area contributed by atoms with E-state index >= 15 is 0 Å². The van der Waals surface area contributed by atoms with Crippen molar-refractivity contribution in [2.75, 3.05) is 27.2 Å². The zero-order valence-corrected chi connectivity index (χ0v) is 17.5. The quantitative estimate of drug-likeness (QED) is 0.576. The molecule has 0 radical (unpaired) electrons. The van der Waals surface area contributed by atoms with Crippen LogP contribution in [0.2, 0.25) is 0 Å². The first-order chi connectivity index (χ1) is 12.4. The molecular formula is C20H30N4OS. The first-order valence-corrected chi connectivity index (χ1v) is 9.69. The number of aromatic nitrogens is 1. The molecule has 0 aliphatic heterocycles. The fourth-order valence-electron chi connectivity index (χ4n) is 2.61. The summed E-state index contributed by atoms with van der Waals surface area (Å²) in [4.78, 5) is 10.2. The van der Waals surface area contributed by atoms with Crippen LogP contribution < -0.4 is 15.4 Å². The van der Waals surface area contributed by atoms with Crippen LogP contribution in [0.1, 0.15) is 35.0 Å². The largest absolute Gasteiger partial charge is 0.497 e. The molecule has 2 N–H and O–H groups in total. The first kappa shape index (κ1) is 20.2. The van der Waals surface area contributed by atoms with E-state index < -0.39 is 0 Å².